The topological polar surface area (TPSA) is 684 Å². The number of rotatable bonds is 27. The summed E-state index contributed by atoms with van der Waals surface area (Å²) in [5, 5.41) is 283. The van der Waals surface area contributed by atoms with Gasteiger partial charge in [0.1, 0.15) is 189 Å². The fourth-order valence-electron chi connectivity index (χ4n) is 11.3. The highest BCUT2D eigenvalue weighted by Crippen LogP contribution is 2.38. The van der Waals surface area contributed by atoms with Gasteiger partial charge in [-0.15, -0.1) is 0 Å². The molecule has 1 amide bonds. The average molecular weight is 1360 g/mol. The van der Waals surface area contributed by atoms with Crippen LogP contribution in [-0.2, 0) is 71.1 Å². The highest BCUT2D eigenvalue weighted by atomic mass is 16.8. The van der Waals surface area contributed by atoms with Gasteiger partial charge in [-0.3, -0.25) is 4.79 Å². The van der Waals surface area contributed by atoms with Gasteiger partial charge < -0.3 is 204 Å². The van der Waals surface area contributed by atoms with E-state index < -0.39 is 305 Å². The first-order chi connectivity index (χ1) is 43.6. The summed E-state index contributed by atoms with van der Waals surface area (Å²) in [5.41, 5.74) is 0. The van der Waals surface area contributed by atoms with Crippen molar-refractivity contribution < 1.29 is 204 Å². The summed E-state index contributed by atoms with van der Waals surface area (Å²) < 4.78 is 80.3. The van der Waals surface area contributed by atoms with Crippen molar-refractivity contribution in [3.05, 3.63) is 0 Å². The van der Waals surface area contributed by atoms with Crippen LogP contribution in [0, 0.1) is 0 Å². The molecule has 0 unspecified atom stereocenters. The molecule has 7 aliphatic rings. The second-order valence-electron chi connectivity index (χ2n) is 22.9. The molecule has 7 rings (SSSR count). The van der Waals surface area contributed by atoms with Crippen LogP contribution in [0.1, 0.15) is 6.92 Å². The van der Waals surface area contributed by atoms with Crippen molar-refractivity contribution in [2.75, 3.05) is 59.5 Å². The van der Waals surface area contributed by atoms with Crippen molar-refractivity contribution in [2.24, 2.45) is 0 Å². The Morgan fingerprint density at radius 2 is 0.652 bits per heavy atom. The molecule has 7 heterocycles. The zero-order chi connectivity index (χ0) is 68.1. The van der Waals surface area contributed by atoms with E-state index in [1.54, 1.807) is 0 Å². The van der Waals surface area contributed by atoms with E-state index in [1.165, 1.54) is 0 Å². The minimum atomic E-state index is -2.52. The molecule has 0 aromatic carbocycles. The highest BCUT2D eigenvalue weighted by molar-refractivity contribution is 5.73. The molecular formula is C50H87NO41. The molecule has 7 aliphatic heterocycles. The lowest BCUT2D eigenvalue weighted by Crippen LogP contribution is -2.68. The van der Waals surface area contributed by atoms with Gasteiger partial charge in [0.15, 0.2) is 44.0 Å². The van der Waals surface area contributed by atoms with Crippen LogP contribution in [0.4, 0.5) is 0 Å². The fraction of sp³-hybridized carbons (Fsp3) is 0.980. The van der Waals surface area contributed by atoms with Crippen LogP contribution in [0.2, 0.25) is 0 Å². The maximum absolute atomic E-state index is 12.2. The van der Waals surface area contributed by atoms with E-state index in [0.717, 1.165) is 6.92 Å². The van der Waals surface area contributed by atoms with E-state index >= 15 is 0 Å². The van der Waals surface area contributed by atoms with E-state index in [2.05, 4.69) is 5.32 Å². The zero-order valence-electron chi connectivity index (χ0n) is 48.6. The third-order valence-electron chi connectivity index (χ3n) is 16.7. The number of hydrogen-bond acceptors (Lipinski definition) is 41. The van der Waals surface area contributed by atoms with Gasteiger partial charge in [0.25, 0.3) is 0 Å². The minimum absolute atomic E-state index is 0.849. The van der Waals surface area contributed by atoms with Gasteiger partial charge in [0.05, 0.1) is 65.5 Å². The summed E-state index contributed by atoms with van der Waals surface area (Å²) in [6, 6.07) is -1.71. The molecule has 538 valence electrons. The number of carbonyl (C=O) groups excluding carboxylic acids is 1. The number of ether oxygens (including phenoxy) is 14. The van der Waals surface area contributed by atoms with Gasteiger partial charge in [-0.25, -0.2) is 0 Å². The normalized spacial score (nSPS) is 48.5. The Bertz CT molecular complexity index is 2210. The van der Waals surface area contributed by atoms with E-state index in [-0.39, 0.29) is 0 Å². The van der Waals surface area contributed by atoms with E-state index in [9.17, 15) is 138 Å². The molecule has 7 fully saturated rings. The number of amides is 1. The maximum Gasteiger partial charge on any atom is 0.217 e. The Hall–Kier alpha value is -2.13. The molecule has 0 aliphatic carbocycles. The van der Waals surface area contributed by atoms with E-state index in [4.69, 9.17) is 66.3 Å². The van der Waals surface area contributed by atoms with Crippen LogP contribution in [-0.4, -0.2) is 437 Å². The molecular weight excluding hydrogens is 1270 g/mol. The smallest absolute Gasteiger partial charge is 0.217 e. The van der Waals surface area contributed by atoms with Crippen LogP contribution >= 0.6 is 0 Å². The Kier molecular flexibility index (Phi) is 28.6. The minimum Gasteiger partial charge on any atom is -0.394 e. The quantitative estimate of drug-likeness (QED) is 0.0363. The lowest BCUT2D eigenvalue weighted by Gasteiger charge is -2.50. The van der Waals surface area contributed by atoms with Crippen LogP contribution in [0.3, 0.4) is 0 Å². The lowest BCUT2D eigenvalue weighted by atomic mass is 9.95. The molecule has 0 bridgehead atoms. The lowest BCUT2D eigenvalue weighted by molar-refractivity contribution is -0.406. The Labute approximate surface area is 520 Å². The van der Waals surface area contributed by atoms with Gasteiger partial charge >= 0.3 is 0 Å². The van der Waals surface area contributed by atoms with Crippen LogP contribution in [0.5, 0.6) is 0 Å². The zero-order valence-corrected chi connectivity index (χ0v) is 48.6. The molecule has 92 heavy (non-hydrogen) atoms. The van der Waals surface area contributed by atoms with Crippen LogP contribution in [0.25, 0.3) is 0 Å². The highest BCUT2D eigenvalue weighted by Gasteiger charge is 2.59. The predicted octanol–water partition coefficient (Wildman–Crippen LogP) is -18.7. The van der Waals surface area contributed by atoms with Gasteiger partial charge in [-0.2, -0.15) is 0 Å². The second-order valence-corrected chi connectivity index (χ2v) is 22.9. The number of aliphatic hydroxyl groups is 26. The Morgan fingerprint density at radius 3 is 1.01 bits per heavy atom. The number of carbonyl (C=O) groups is 1. The molecule has 7 saturated heterocycles. The molecule has 0 aromatic heterocycles. The predicted molar refractivity (Wildman–Crippen MR) is 278 cm³/mol. The summed E-state index contributed by atoms with van der Waals surface area (Å²) >= 11 is 0. The van der Waals surface area contributed by atoms with Crippen molar-refractivity contribution in [1.82, 2.24) is 5.32 Å². The summed E-state index contributed by atoms with van der Waals surface area (Å²) in [7, 11) is 0. The number of nitrogens with one attached hydrogen (secondary N) is 1. The Morgan fingerprint density at radius 1 is 0.348 bits per heavy atom. The molecule has 0 saturated carbocycles. The molecule has 42 nitrogen and oxygen atoms in total. The van der Waals surface area contributed by atoms with Crippen LogP contribution in [0.15, 0.2) is 0 Å². The van der Waals surface area contributed by atoms with Gasteiger partial charge in [0, 0.05) is 6.92 Å². The molecule has 0 aromatic rings. The Balaban J connectivity index is 1.20. The van der Waals surface area contributed by atoms with Gasteiger partial charge in [-0.1, -0.05) is 0 Å². The van der Waals surface area contributed by atoms with Gasteiger partial charge in [0.2, 0.25) is 5.91 Å². The van der Waals surface area contributed by atoms with E-state index in [1.807, 2.05) is 0 Å². The molecule has 39 atom stereocenters. The number of aliphatic hydroxyl groups excluding tert-OH is 26. The second kappa shape index (κ2) is 34.1. The molecule has 0 spiro atoms. The monoisotopic (exact) mass is 1360 g/mol. The third kappa shape index (κ3) is 16.8. The summed E-state index contributed by atoms with van der Waals surface area (Å²) in [6.07, 6.45) is -80.7. The first-order valence-electron chi connectivity index (χ1n) is 29.1. The van der Waals surface area contributed by atoms with Crippen molar-refractivity contribution >= 4 is 5.91 Å². The summed E-state index contributed by atoms with van der Waals surface area (Å²) in [5.74, 6) is -0.849. The SMILES string of the molecule is CC(=O)N[C@@H](CO)[C@@H](O)[C@H](O[C@@H]1O[C@H](CO[C@H]2O[C@H](CO)[C@@H](O)[C@H](O[C@H]3O[C@H](CO)[C@@H](O)[C@H](O)[C@@H]3O[C@H]3O[C@H](CO)[C@@H](O)[C@H](O)[C@@H]3O)[C@@H]2O)[C@@H](O)[C@H](O[C@H]2O[C@H](CO)[C@@H](O)[C@H](O)[C@@H]2O[C@H]2O[C@H](CO)[C@@H](O)[C@H](O)[C@@H]2O[C@H]2O[C@H](CO)[C@@H](O)[C@H](O)[C@@H]2O)[C@@H]1O)[C@H](O)CO. The van der Waals surface area contributed by atoms with Crippen LogP contribution < -0.4 is 5.32 Å². The molecule has 42 heteroatoms. The third-order valence-corrected chi connectivity index (χ3v) is 16.7. The largest absolute Gasteiger partial charge is 0.394 e. The van der Waals surface area contributed by atoms with Gasteiger partial charge in [-0.05, 0) is 0 Å². The van der Waals surface area contributed by atoms with Crippen molar-refractivity contribution in [3.63, 3.8) is 0 Å². The summed E-state index contributed by atoms with van der Waals surface area (Å²) in [6.45, 7) is -8.85. The summed E-state index contributed by atoms with van der Waals surface area (Å²) in [4.78, 5) is 12.1. The van der Waals surface area contributed by atoms with Crippen molar-refractivity contribution in [2.45, 2.75) is 246 Å². The fourth-order valence-corrected chi connectivity index (χ4v) is 11.3. The van der Waals surface area contributed by atoms with Crippen molar-refractivity contribution in [3.8, 4) is 0 Å². The first-order valence-corrected chi connectivity index (χ1v) is 29.1. The number of hydrogen-bond donors (Lipinski definition) is 27. The standard InChI is InChI=1S/C50H87NO41/c1-11(60)51-12(2-52)21(62)38(13(61)3-53)87-47-37(78)40(89-49-43(33(74)26(67)17(7-57)84-49)92-50-42(32(73)25(66)18(8-58)85-50)91-46-35(76)30(71)23(64)15(5-55)82-46)28(69)20(86-47)10-79-44-36(77)39(27(68)19(9-59)80-44)88-48-41(31(72)24(65)16(6-56)83-48)90-45-34(75)29(70)22(63)14(4-54)81-45/h12-50,52-59,61-78H,2-10H2,1H3,(H,51,60)/t12-,13+,14+,15+,16+,17+,18+,19+,20+,21+,22+,23+,24+,25+,26+,27+,28+,29-,30-,31-,32-,33-,34-,35-,36-,37-,38+,39-,40-,41-,42-,43-,44-,45+,46+,47-,48+,49+,50+/m0/s1. The van der Waals surface area contributed by atoms with E-state index in [0.29, 0.717) is 0 Å². The molecule has 0 radical (unpaired) electrons. The molecule has 27 N–H and O–H groups in total. The maximum atomic E-state index is 12.2. The van der Waals surface area contributed by atoms with Crippen molar-refractivity contribution in [1.29, 1.82) is 0 Å². The first kappa shape index (κ1) is 77.2. The average Bonchev–Trinajstić information content (AvgIpc) is 0.785.